The third-order valence-electron chi connectivity index (χ3n) is 4.30. The highest BCUT2D eigenvalue weighted by atomic mass is 35.5. The van der Waals surface area contributed by atoms with E-state index < -0.39 is 5.76 Å². The third kappa shape index (κ3) is 3.72. The molecule has 0 atom stereocenters. The number of anilines is 1. The molecule has 0 fully saturated rings. The number of aryl methyl sites for hydroxylation is 2. The quantitative estimate of drug-likeness (QED) is 0.514. The highest BCUT2D eigenvalue weighted by Gasteiger charge is 2.14. The molecule has 0 saturated carbocycles. The minimum Gasteiger partial charge on any atom is -0.408 e. The molecule has 4 rings (SSSR count). The highest BCUT2D eigenvalue weighted by molar-refractivity contribution is 7.16. The van der Waals surface area contributed by atoms with Crippen molar-refractivity contribution in [2.45, 2.75) is 19.9 Å². The number of oxazole rings is 1. The first-order valence-corrected chi connectivity index (χ1v) is 9.82. The average molecular weight is 414 g/mol. The largest absolute Gasteiger partial charge is 0.419 e. The van der Waals surface area contributed by atoms with Crippen molar-refractivity contribution in [3.63, 3.8) is 0 Å². The van der Waals surface area contributed by atoms with Crippen molar-refractivity contribution in [3.8, 4) is 11.3 Å². The first-order chi connectivity index (χ1) is 13.5. The number of hydrogen-bond donors (Lipinski definition) is 1. The Kier molecular flexibility index (Phi) is 5.02. The van der Waals surface area contributed by atoms with Gasteiger partial charge >= 0.3 is 5.76 Å². The lowest BCUT2D eigenvalue weighted by Gasteiger charge is -2.03. The van der Waals surface area contributed by atoms with E-state index in [1.165, 1.54) is 15.9 Å². The Morgan fingerprint density at radius 1 is 1.21 bits per heavy atom. The van der Waals surface area contributed by atoms with Crippen LogP contribution in [0, 0.1) is 6.92 Å². The summed E-state index contributed by atoms with van der Waals surface area (Å²) in [6.45, 7) is 2.19. The zero-order chi connectivity index (χ0) is 19.7. The van der Waals surface area contributed by atoms with Gasteiger partial charge in [-0.25, -0.2) is 9.78 Å². The number of amides is 1. The first kappa shape index (κ1) is 18.5. The van der Waals surface area contributed by atoms with Crippen LogP contribution in [-0.2, 0) is 11.3 Å². The molecule has 6 nitrogen and oxygen atoms in total. The van der Waals surface area contributed by atoms with Crippen molar-refractivity contribution in [2.24, 2.45) is 0 Å². The molecule has 0 spiro atoms. The second-order valence-corrected chi connectivity index (χ2v) is 7.86. The van der Waals surface area contributed by atoms with Gasteiger partial charge in [-0.15, -0.1) is 11.3 Å². The minimum atomic E-state index is -0.468. The molecule has 0 aliphatic heterocycles. The fraction of sp³-hybridized carbons (Fsp3) is 0.150. The number of carbonyl (C=O) groups excluding carboxylic acids is 1. The highest BCUT2D eigenvalue weighted by Crippen LogP contribution is 2.31. The van der Waals surface area contributed by atoms with E-state index in [1.807, 2.05) is 25.1 Å². The number of fused-ring (bicyclic) bond motifs is 1. The maximum atomic E-state index is 12.3. The molecule has 4 aromatic rings. The van der Waals surface area contributed by atoms with E-state index in [0.29, 0.717) is 21.3 Å². The van der Waals surface area contributed by atoms with Crippen LogP contribution in [0.25, 0.3) is 22.4 Å². The molecular weight excluding hydrogens is 398 g/mol. The number of hydrogen-bond acceptors (Lipinski definition) is 5. The molecule has 8 heteroatoms. The molecule has 2 aromatic heterocycles. The summed E-state index contributed by atoms with van der Waals surface area (Å²) in [7, 11) is 0. The van der Waals surface area contributed by atoms with Crippen molar-refractivity contribution in [1.82, 2.24) is 9.55 Å². The minimum absolute atomic E-state index is 0.137. The summed E-state index contributed by atoms with van der Waals surface area (Å²) < 4.78 is 6.64. The number of nitrogens with one attached hydrogen (secondary N) is 1. The van der Waals surface area contributed by atoms with Gasteiger partial charge in [-0.3, -0.25) is 9.36 Å². The molecule has 0 unspecified atom stereocenters. The van der Waals surface area contributed by atoms with E-state index in [2.05, 4.69) is 10.3 Å². The summed E-state index contributed by atoms with van der Waals surface area (Å²) in [5, 5.41) is 3.99. The van der Waals surface area contributed by atoms with Gasteiger partial charge < -0.3 is 9.73 Å². The monoisotopic (exact) mass is 413 g/mol. The topological polar surface area (TPSA) is 77.1 Å². The van der Waals surface area contributed by atoms with Crippen molar-refractivity contribution in [1.29, 1.82) is 0 Å². The normalized spacial score (nSPS) is 11.1. The zero-order valence-electron chi connectivity index (χ0n) is 14.9. The fourth-order valence-corrected chi connectivity index (χ4v) is 3.92. The van der Waals surface area contributed by atoms with Gasteiger partial charge in [-0.1, -0.05) is 35.9 Å². The van der Waals surface area contributed by atoms with E-state index in [4.69, 9.17) is 16.0 Å². The maximum absolute atomic E-state index is 12.3. The molecule has 0 saturated heterocycles. The fourth-order valence-electron chi connectivity index (χ4n) is 2.95. The lowest BCUT2D eigenvalue weighted by Crippen LogP contribution is -2.19. The van der Waals surface area contributed by atoms with Crippen LogP contribution in [0.1, 0.15) is 11.3 Å². The van der Waals surface area contributed by atoms with Crippen molar-refractivity contribution >= 4 is 45.1 Å². The Bertz CT molecular complexity index is 1210. The second kappa shape index (κ2) is 7.61. The van der Waals surface area contributed by atoms with Gasteiger partial charge in [-0.2, -0.15) is 0 Å². The predicted molar refractivity (Wildman–Crippen MR) is 111 cm³/mol. The van der Waals surface area contributed by atoms with Gasteiger partial charge in [0, 0.05) is 28.4 Å². The summed E-state index contributed by atoms with van der Waals surface area (Å²) >= 11 is 7.34. The number of para-hydroxylation sites is 2. The van der Waals surface area contributed by atoms with E-state index in [9.17, 15) is 9.59 Å². The van der Waals surface area contributed by atoms with Gasteiger partial charge in [0.25, 0.3) is 0 Å². The van der Waals surface area contributed by atoms with Crippen LogP contribution >= 0.6 is 22.9 Å². The maximum Gasteiger partial charge on any atom is 0.419 e. The lowest BCUT2D eigenvalue weighted by atomic mass is 10.1. The molecule has 2 heterocycles. The summed E-state index contributed by atoms with van der Waals surface area (Å²) in [5.74, 6) is -0.683. The molecule has 1 N–H and O–H groups in total. The predicted octanol–water partition coefficient (Wildman–Crippen LogP) is 4.71. The van der Waals surface area contributed by atoms with Crippen LogP contribution < -0.4 is 11.1 Å². The van der Waals surface area contributed by atoms with E-state index >= 15 is 0 Å². The van der Waals surface area contributed by atoms with E-state index in [1.54, 1.807) is 30.3 Å². The zero-order valence-corrected chi connectivity index (χ0v) is 16.5. The Labute approximate surface area is 169 Å². The second-order valence-electron chi connectivity index (χ2n) is 6.22. The molecule has 0 aliphatic carbocycles. The SMILES string of the molecule is Cc1sc(NC(=O)CCn2c(=O)oc3ccccc32)nc1-c1ccc(Cl)cc1. The van der Waals surface area contributed by atoms with Crippen LogP contribution in [0.2, 0.25) is 5.02 Å². The Hall–Kier alpha value is -2.90. The molecule has 142 valence electrons. The third-order valence-corrected chi connectivity index (χ3v) is 5.43. The molecule has 0 radical (unpaired) electrons. The van der Waals surface area contributed by atoms with Crippen LogP contribution in [0.15, 0.2) is 57.7 Å². The lowest BCUT2D eigenvalue weighted by molar-refractivity contribution is -0.116. The number of rotatable bonds is 5. The number of benzene rings is 2. The standard InChI is InChI=1S/C20H16ClN3O3S/c1-12-18(13-6-8-14(21)9-7-13)23-19(28-12)22-17(25)10-11-24-15-4-2-3-5-16(15)27-20(24)26/h2-9H,10-11H2,1H3,(H,22,23,25). The number of halogens is 1. The van der Waals surface area contributed by atoms with E-state index in [0.717, 1.165) is 16.1 Å². The smallest absolute Gasteiger partial charge is 0.408 e. The van der Waals surface area contributed by atoms with Gasteiger partial charge in [0.05, 0.1) is 11.2 Å². The average Bonchev–Trinajstić information content (AvgIpc) is 3.19. The molecule has 28 heavy (non-hydrogen) atoms. The summed E-state index contributed by atoms with van der Waals surface area (Å²) in [6.07, 6.45) is 0.137. The molecule has 1 amide bonds. The molecule has 2 aromatic carbocycles. The number of aromatic nitrogens is 2. The Balaban J connectivity index is 1.45. The van der Waals surface area contributed by atoms with Crippen molar-refractivity contribution < 1.29 is 9.21 Å². The van der Waals surface area contributed by atoms with Crippen LogP contribution in [-0.4, -0.2) is 15.5 Å². The van der Waals surface area contributed by atoms with Crippen LogP contribution in [0.4, 0.5) is 5.13 Å². The van der Waals surface area contributed by atoms with Crippen LogP contribution in [0.5, 0.6) is 0 Å². The van der Waals surface area contributed by atoms with Gasteiger partial charge in [0.2, 0.25) is 5.91 Å². The summed E-state index contributed by atoms with van der Waals surface area (Å²) in [6, 6.07) is 14.5. The molecule has 0 bridgehead atoms. The van der Waals surface area contributed by atoms with E-state index in [-0.39, 0.29) is 18.9 Å². The van der Waals surface area contributed by atoms with Crippen molar-refractivity contribution in [3.05, 3.63) is 69.0 Å². The van der Waals surface area contributed by atoms with Gasteiger partial charge in [0.15, 0.2) is 10.7 Å². The van der Waals surface area contributed by atoms with Gasteiger partial charge in [0.1, 0.15) is 0 Å². The Morgan fingerprint density at radius 2 is 1.96 bits per heavy atom. The molecular formula is C20H16ClN3O3S. The summed E-state index contributed by atoms with van der Waals surface area (Å²) in [5.41, 5.74) is 2.94. The van der Waals surface area contributed by atoms with Crippen LogP contribution in [0.3, 0.4) is 0 Å². The Morgan fingerprint density at radius 3 is 2.75 bits per heavy atom. The number of thiazole rings is 1. The van der Waals surface area contributed by atoms with Gasteiger partial charge in [-0.05, 0) is 31.2 Å². The molecule has 0 aliphatic rings. The first-order valence-electron chi connectivity index (χ1n) is 8.63. The number of nitrogens with zero attached hydrogens (tertiary/aromatic N) is 2. The van der Waals surface area contributed by atoms with Crippen molar-refractivity contribution in [2.75, 3.05) is 5.32 Å². The summed E-state index contributed by atoms with van der Waals surface area (Å²) in [4.78, 5) is 29.8. The number of carbonyl (C=O) groups is 1.